The second-order valence-electron chi connectivity index (χ2n) is 8.59. The topological polar surface area (TPSA) is 15.3 Å². The largest absolute Gasteiger partial charge is 0.312 e. The zero-order chi connectivity index (χ0) is 15.6. The molecule has 1 fully saturated rings. The number of rotatable bonds is 5. The predicted molar refractivity (Wildman–Crippen MR) is 90.2 cm³/mol. The minimum atomic E-state index is 0.339. The third-order valence-corrected chi connectivity index (χ3v) is 5.55. The maximum atomic E-state index is 3.86. The van der Waals surface area contributed by atoms with E-state index in [9.17, 15) is 0 Å². The molecule has 0 amide bonds. The lowest BCUT2D eigenvalue weighted by molar-refractivity contribution is 0.0146. The fraction of sp³-hybridized carbons (Fsp3) is 1.00. The predicted octanol–water partition coefficient (Wildman–Crippen LogP) is 4.30. The fourth-order valence-electron chi connectivity index (χ4n) is 3.66. The molecule has 2 heteroatoms. The molecule has 3 atom stereocenters. The molecule has 2 nitrogen and oxygen atoms in total. The normalized spacial score (nSPS) is 28.6. The average Bonchev–Trinajstić information content (AvgIpc) is 2.33. The van der Waals surface area contributed by atoms with Crippen molar-refractivity contribution in [3.05, 3.63) is 0 Å². The lowest BCUT2D eigenvalue weighted by atomic mass is 9.69. The van der Waals surface area contributed by atoms with E-state index >= 15 is 0 Å². The molecule has 0 aliphatic heterocycles. The molecule has 1 aliphatic carbocycles. The smallest absolute Gasteiger partial charge is 0.0274 e. The molecule has 0 aromatic heterocycles. The van der Waals surface area contributed by atoms with Gasteiger partial charge < -0.3 is 5.32 Å². The first-order valence-electron chi connectivity index (χ1n) is 8.56. The molecule has 3 unspecified atom stereocenters. The molecule has 0 saturated heterocycles. The monoisotopic (exact) mass is 282 g/mol. The highest BCUT2D eigenvalue weighted by Gasteiger charge is 2.42. The summed E-state index contributed by atoms with van der Waals surface area (Å²) in [5, 5.41) is 3.86. The van der Waals surface area contributed by atoms with Crippen molar-refractivity contribution in [2.45, 2.75) is 92.3 Å². The van der Waals surface area contributed by atoms with Crippen LogP contribution in [0.15, 0.2) is 0 Å². The van der Waals surface area contributed by atoms with Gasteiger partial charge in [-0.05, 0) is 50.6 Å². The van der Waals surface area contributed by atoms with E-state index in [0.717, 1.165) is 6.54 Å². The van der Waals surface area contributed by atoms with Crippen molar-refractivity contribution in [3.63, 3.8) is 0 Å². The van der Waals surface area contributed by atoms with E-state index in [2.05, 4.69) is 65.7 Å². The van der Waals surface area contributed by atoms with Crippen molar-refractivity contribution in [3.8, 4) is 0 Å². The van der Waals surface area contributed by atoms with Crippen LogP contribution in [0.2, 0.25) is 0 Å². The zero-order valence-corrected chi connectivity index (χ0v) is 15.2. The van der Waals surface area contributed by atoms with E-state index in [1.807, 2.05) is 0 Å². The Kier molecular flexibility index (Phi) is 6.10. The summed E-state index contributed by atoms with van der Waals surface area (Å²) in [5.41, 5.74) is 0.746. The number of nitrogens with zero attached hydrogens (tertiary/aromatic N) is 1. The molecule has 0 radical (unpaired) electrons. The van der Waals surface area contributed by atoms with Crippen molar-refractivity contribution in [2.75, 3.05) is 13.6 Å². The highest BCUT2D eigenvalue weighted by atomic mass is 15.2. The molecule has 1 aliphatic rings. The minimum Gasteiger partial charge on any atom is -0.312 e. The Hall–Kier alpha value is -0.0800. The highest BCUT2D eigenvalue weighted by molar-refractivity contribution is 4.99. The molecule has 120 valence electrons. The second-order valence-corrected chi connectivity index (χ2v) is 8.59. The van der Waals surface area contributed by atoms with Crippen molar-refractivity contribution < 1.29 is 0 Å². The summed E-state index contributed by atoms with van der Waals surface area (Å²) >= 11 is 0. The van der Waals surface area contributed by atoms with Crippen LogP contribution in [-0.4, -0.2) is 36.6 Å². The van der Waals surface area contributed by atoms with Crippen LogP contribution in [-0.2, 0) is 0 Å². The summed E-state index contributed by atoms with van der Waals surface area (Å²) < 4.78 is 0. The molecule has 0 aromatic rings. The summed E-state index contributed by atoms with van der Waals surface area (Å²) in [7, 11) is 2.34. The molecule has 1 N–H and O–H groups in total. The summed E-state index contributed by atoms with van der Waals surface area (Å²) in [6.45, 7) is 17.8. The average molecular weight is 283 g/mol. The summed E-state index contributed by atoms with van der Waals surface area (Å²) in [6, 6.07) is 1.89. The molecule has 0 bridgehead atoms. The molecule has 0 heterocycles. The highest BCUT2D eigenvalue weighted by Crippen LogP contribution is 2.39. The Balaban J connectivity index is 2.88. The van der Waals surface area contributed by atoms with Gasteiger partial charge in [0.25, 0.3) is 0 Å². The van der Waals surface area contributed by atoms with Crippen LogP contribution in [0.3, 0.4) is 0 Å². The Morgan fingerprint density at radius 2 is 1.90 bits per heavy atom. The molecular weight excluding hydrogens is 244 g/mol. The number of nitrogens with one attached hydrogen (secondary N) is 1. The van der Waals surface area contributed by atoms with Gasteiger partial charge in [0.05, 0.1) is 0 Å². The van der Waals surface area contributed by atoms with Gasteiger partial charge >= 0.3 is 0 Å². The quantitative estimate of drug-likeness (QED) is 0.809. The second kappa shape index (κ2) is 6.79. The Morgan fingerprint density at radius 3 is 2.40 bits per heavy atom. The molecule has 20 heavy (non-hydrogen) atoms. The SMILES string of the molecule is CCCNC1C(N(C)C(C)C(C)(C)C)CCCC1(C)C. The van der Waals surface area contributed by atoms with Crippen molar-refractivity contribution in [2.24, 2.45) is 10.8 Å². The van der Waals surface area contributed by atoms with Crippen LogP contribution in [0.25, 0.3) is 0 Å². The van der Waals surface area contributed by atoms with Crippen molar-refractivity contribution in [1.29, 1.82) is 0 Å². The number of hydrogen-bond donors (Lipinski definition) is 1. The molecule has 1 rings (SSSR count). The van der Waals surface area contributed by atoms with E-state index in [-0.39, 0.29) is 0 Å². The summed E-state index contributed by atoms with van der Waals surface area (Å²) in [5.74, 6) is 0. The maximum Gasteiger partial charge on any atom is 0.0274 e. The van der Waals surface area contributed by atoms with Gasteiger partial charge in [0, 0.05) is 18.1 Å². The van der Waals surface area contributed by atoms with Gasteiger partial charge in [0.1, 0.15) is 0 Å². The molecule has 0 aromatic carbocycles. The fourth-order valence-corrected chi connectivity index (χ4v) is 3.66. The van der Waals surface area contributed by atoms with Crippen LogP contribution in [0.5, 0.6) is 0 Å². The van der Waals surface area contributed by atoms with Crippen LogP contribution in [0, 0.1) is 10.8 Å². The van der Waals surface area contributed by atoms with Crippen molar-refractivity contribution in [1.82, 2.24) is 10.2 Å². The lowest BCUT2D eigenvalue weighted by Gasteiger charge is -2.51. The first-order valence-corrected chi connectivity index (χ1v) is 8.56. The van der Waals surface area contributed by atoms with Crippen LogP contribution in [0.1, 0.15) is 74.1 Å². The first kappa shape index (κ1) is 18.0. The standard InChI is InChI=1S/C18H38N2/c1-9-13-19-16-15(11-10-12-18(16,6)7)20(8)14(2)17(3,4)5/h14-16,19H,9-13H2,1-8H3. The maximum absolute atomic E-state index is 3.86. The van der Waals surface area contributed by atoms with Crippen LogP contribution >= 0.6 is 0 Å². The minimum absolute atomic E-state index is 0.339. The molecular formula is C18H38N2. The van der Waals surface area contributed by atoms with E-state index < -0.39 is 0 Å². The van der Waals surface area contributed by atoms with Gasteiger partial charge in [-0.1, -0.05) is 48.0 Å². The van der Waals surface area contributed by atoms with E-state index in [1.54, 1.807) is 0 Å². The zero-order valence-electron chi connectivity index (χ0n) is 15.2. The Morgan fingerprint density at radius 1 is 1.30 bits per heavy atom. The number of likely N-dealkylation sites (N-methyl/N-ethyl adjacent to an activating group) is 1. The van der Waals surface area contributed by atoms with Crippen LogP contribution in [0.4, 0.5) is 0 Å². The summed E-state index contributed by atoms with van der Waals surface area (Å²) in [4.78, 5) is 2.65. The van der Waals surface area contributed by atoms with Gasteiger partial charge in [0.15, 0.2) is 0 Å². The Bertz CT molecular complexity index is 290. The van der Waals surface area contributed by atoms with Gasteiger partial charge in [-0.25, -0.2) is 0 Å². The molecule has 1 saturated carbocycles. The third kappa shape index (κ3) is 4.21. The van der Waals surface area contributed by atoms with E-state index in [4.69, 9.17) is 0 Å². The molecule has 0 spiro atoms. The van der Waals surface area contributed by atoms with E-state index in [0.29, 0.717) is 29.0 Å². The van der Waals surface area contributed by atoms with Gasteiger partial charge in [-0.2, -0.15) is 0 Å². The van der Waals surface area contributed by atoms with Gasteiger partial charge in [0.2, 0.25) is 0 Å². The first-order chi connectivity index (χ1) is 9.11. The Labute approximate surface area is 127 Å². The number of hydrogen-bond acceptors (Lipinski definition) is 2. The van der Waals surface area contributed by atoms with E-state index in [1.165, 1.54) is 25.7 Å². The lowest BCUT2D eigenvalue weighted by Crippen LogP contribution is -2.61. The summed E-state index contributed by atoms with van der Waals surface area (Å²) in [6.07, 6.45) is 5.27. The van der Waals surface area contributed by atoms with Crippen molar-refractivity contribution >= 4 is 0 Å². The van der Waals surface area contributed by atoms with Crippen LogP contribution < -0.4 is 5.32 Å². The van der Waals surface area contributed by atoms with Gasteiger partial charge in [-0.15, -0.1) is 0 Å². The third-order valence-electron chi connectivity index (χ3n) is 5.55. The van der Waals surface area contributed by atoms with Gasteiger partial charge in [-0.3, -0.25) is 4.90 Å².